The number of hydrogen-bond acceptors (Lipinski definition) is 3. The first-order valence-corrected chi connectivity index (χ1v) is 6.17. The normalized spacial score (nSPS) is 20.1. The number of para-hydroxylation sites is 1. The first-order chi connectivity index (χ1) is 8.24. The molecule has 2 heterocycles. The van der Waals surface area contributed by atoms with Crippen LogP contribution < -0.4 is 10.6 Å². The summed E-state index contributed by atoms with van der Waals surface area (Å²) in [4.78, 5) is 6.64. The van der Waals surface area contributed by atoms with Crippen molar-refractivity contribution >= 4 is 28.2 Å². The Bertz CT molecular complexity index is 555. The lowest BCUT2D eigenvalue weighted by Gasteiger charge is -2.19. The maximum atomic E-state index is 6.24. The van der Waals surface area contributed by atoms with Gasteiger partial charge in [-0.2, -0.15) is 0 Å². The van der Waals surface area contributed by atoms with E-state index in [0.29, 0.717) is 5.15 Å². The van der Waals surface area contributed by atoms with E-state index in [9.17, 15) is 0 Å². The van der Waals surface area contributed by atoms with E-state index in [1.807, 2.05) is 18.2 Å². The summed E-state index contributed by atoms with van der Waals surface area (Å²) in [5.41, 5.74) is 7.85. The summed E-state index contributed by atoms with van der Waals surface area (Å²) in [6, 6.07) is 10.4. The van der Waals surface area contributed by atoms with Crippen molar-refractivity contribution in [2.24, 2.45) is 5.73 Å². The van der Waals surface area contributed by atoms with Crippen LogP contribution in [-0.4, -0.2) is 24.1 Å². The Morgan fingerprint density at radius 3 is 2.94 bits per heavy atom. The van der Waals surface area contributed by atoms with Crippen molar-refractivity contribution in [3.05, 3.63) is 35.5 Å². The molecule has 3 nitrogen and oxygen atoms in total. The van der Waals surface area contributed by atoms with Gasteiger partial charge in [0, 0.05) is 24.5 Å². The van der Waals surface area contributed by atoms with Crippen LogP contribution in [0.5, 0.6) is 0 Å². The number of halogens is 1. The molecular formula is C13H14ClN3. The number of anilines is 1. The fraction of sp³-hybridized carbons (Fsp3) is 0.308. The highest BCUT2D eigenvalue weighted by atomic mass is 35.5. The molecule has 3 rings (SSSR count). The predicted octanol–water partition coefficient (Wildman–Crippen LogP) is 2.43. The molecule has 1 atom stereocenters. The molecule has 1 aliphatic rings. The van der Waals surface area contributed by atoms with Crippen LogP contribution in [0.1, 0.15) is 6.42 Å². The highest BCUT2D eigenvalue weighted by Gasteiger charge is 2.21. The lowest BCUT2D eigenvalue weighted by atomic mass is 10.2. The average molecular weight is 248 g/mol. The van der Waals surface area contributed by atoms with Gasteiger partial charge in [0.25, 0.3) is 0 Å². The summed E-state index contributed by atoms with van der Waals surface area (Å²) in [5.74, 6) is 0. The topological polar surface area (TPSA) is 42.1 Å². The molecular weight excluding hydrogens is 234 g/mol. The minimum atomic E-state index is 0.248. The minimum Gasteiger partial charge on any atom is -0.367 e. The third kappa shape index (κ3) is 1.96. The predicted molar refractivity (Wildman–Crippen MR) is 71.6 cm³/mol. The van der Waals surface area contributed by atoms with Crippen molar-refractivity contribution < 1.29 is 0 Å². The molecule has 1 unspecified atom stereocenters. The molecule has 0 aliphatic carbocycles. The van der Waals surface area contributed by atoms with Gasteiger partial charge in [-0.05, 0) is 18.6 Å². The number of rotatable bonds is 1. The van der Waals surface area contributed by atoms with Gasteiger partial charge in [0.15, 0.2) is 5.15 Å². The Kier molecular flexibility index (Phi) is 2.65. The fourth-order valence-electron chi connectivity index (χ4n) is 2.31. The van der Waals surface area contributed by atoms with Gasteiger partial charge in [0.1, 0.15) is 0 Å². The zero-order chi connectivity index (χ0) is 11.8. The summed E-state index contributed by atoms with van der Waals surface area (Å²) in [6.07, 6.45) is 1.02. The highest BCUT2D eigenvalue weighted by Crippen LogP contribution is 2.30. The van der Waals surface area contributed by atoms with Crippen LogP contribution in [0.25, 0.3) is 10.9 Å². The van der Waals surface area contributed by atoms with E-state index in [0.717, 1.165) is 36.1 Å². The average Bonchev–Trinajstić information content (AvgIpc) is 2.75. The third-order valence-corrected chi connectivity index (χ3v) is 3.50. The van der Waals surface area contributed by atoms with Gasteiger partial charge in [-0.1, -0.05) is 29.8 Å². The smallest absolute Gasteiger partial charge is 0.153 e. The zero-order valence-electron chi connectivity index (χ0n) is 9.44. The molecule has 1 fully saturated rings. The van der Waals surface area contributed by atoms with Crippen molar-refractivity contribution in [2.45, 2.75) is 12.5 Å². The summed E-state index contributed by atoms with van der Waals surface area (Å²) < 4.78 is 0. The van der Waals surface area contributed by atoms with E-state index >= 15 is 0 Å². The van der Waals surface area contributed by atoms with Gasteiger partial charge >= 0.3 is 0 Å². The molecule has 0 spiro atoms. The third-order valence-electron chi connectivity index (χ3n) is 3.22. The Labute approximate surface area is 105 Å². The number of nitrogens with zero attached hydrogens (tertiary/aromatic N) is 2. The molecule has 0 bridgehead atoms. The van der Waals surface area contributed by atoms with Crippen molar-refractivity contribution in [1.29, 1.82) is 0 Å². The zero-order valence-corrected chi connectivity index (χ0v) is 10.2. The lowest BCUT2D eigenvalue weighted by molar-refractivity contribution is 0.752. The molecule has 2 N–H and O–H groups in total. The van der Waals surface area contributed by atoms with E-state index in [1.54, 1.807) is 0 Å². The van der Waals surface area contributed by atoms with Crippen LogP contribution in [-0.2, 0) is 0 Å². The van der Waals surface area contributed by atoms with Crippen LogP contribution in [0.15, 0.2) is 30.3 Å². The van der Waals surface area contributed by atoms with Gasteiger partial charge in [0.2, 0.25) is 0 Å². The van der Waals surface area contributed by atoms with Crippen molar-refractivity contribution in [1.82, 2.24) is 4.98 Å². The molecule has 2 aromatic rings. The molecule has 0 radical (unpaired) electrons. The number of nitrogens with two attached hydrogens (primary N) is 1. The Hall–Kier alpha value is -1.32. The molecule has 1 aromatic heterocycles. The maximum Gasteiger partial charge on any atom is 0.153 e. The first-order valence-electron chi connectivity index (χ1n) is 5.80. The van der Waals surface area contributed by atoms with Gasteiger partial charge in [-0.3, -0.25) is 0 Å². The molecule has 1 aliphatic heterocycles. The van der Waals surface area contributed by atoms with Crippen LogP contribution in [0.2, 0.25) is 5.15 Å². The standard InChI is InChI=1S/C13H14ClN3/c14-13-12(17-6-5-10(15)8-17)7-9-3-1-2-4-11(9)16-13/h1-4,7,10H,5-6,8,15H2. The van der Waals surface area contributed by atoms with Gasteiger partial charge in [-0.15, -0.1) is 0 Å². The molecule has 17 heavy (non-hydrogen) atoms. The molecule has 1 aromatic carbocycles. The fourth-order valence-corrected chi connectivity index (χ4v) is 2.57. The first kappa shape index (κ1) is 10.8. The Morgan fingerprint density at radius 1 is 1.35 bits per heavy atom. The molecule has 88 valence electrons. The number of fused-ring (bicyclic) bond motifs is 1. The Balaban J connectivity index is 2.07. The van der Waals surface area contributed by atoms with Crippen LogP contribution in [0.4, 0.5) is 5.69 Å². The van der Waals surface area contributed by atoms with E-state index < -0.39 is 0 Å². The van der Waals surface area contributed by atoms with Crippen LogP contribution in [0.3, 0.4) is 0 Å². The van der Waals surface area contributed by atoms with E-state index in [-0.39, 0.29) is 6.04 Å². The van der Waals surface area contributed by atoms with Gasteiger partial charge < -0.3 is 10.6 Å². The summed E-state index contributed by atoms with van der Waals surface area (Å²) in [7, 11) is 0. The second kappa shape index (κ2) is 4.17. The lowest BCUT2D eigenvalue weighted by Crippen LogP contribution is -2.26. The minimum absolute atomic E-state index is 0.248. The SMILES string of the molecule is NC1CCN(c2cc3ccccc3nc2Cl)C1. The maximum absolute atomic E-state index is 6.24. The van der Waals surface area contributed by atoms with Gasteiger partial charge in [0.05, 0.1) is 11.2 Å². The number of pyridine rings is 1. The van der Waals surface area contributed by atoms with E-state index in [4.69, 9.17) is 17.3 Å². The largest absolute Gasteiger partial charge is 0.367 e. The van der Waals surface area contributed by atoms with E-state index in [1.165, 1.54) is 0 Å². The van der Waals surface area contributed by atoms with Crippen molar-refractivity contribution in [3.8, 4) is 0 Å². The quantitative estimate of drug-likeness (QED) is 0.787. The van der Waals surface area contributed by atoms with Crippen LogP contribution >= 0.6 is 11.6 Å². The molecule has 0 amide bonds. The van der Waals surface area contributed by atoms with Crippen molar-refractivity contribution in [3.63, 3.8) is 0 Å². The second-order valence-corrected chi connectivity index (χ2v) is 4.84. The number of aromatic nitrogens is 1. The second-order valence-electron chi connectivity index (χ2n) is 4.49. The molecule has 0 saturated carbocycles. The van der Waals surface area contributed by atoms with Gasteiger partial charge in [-0.25, -0.2) is 4.98 Å². The summed E-state index contributed by atoms with van der Waals surface area (Å²) in [6.45, 7) is 1.82. The highest BCUT2D eigenvalue weighted by molar-refractivity contribution is 6.32. The van der Waals surface area contributed by atoms with Crippen molar-refractivity contribution in [2.75, 3.05) is 18.0 Å². The van der Waals surface area contributed by atoms with Crippen LogP contribution in [0, 0.1) is 0 Å². The monoisotopic (exact) mass is 247 g/mol. The number of hydrogen-bond donors (Lipinski definition) is 1. The molecule has 4 heteroatoms. The summed E-state index contributed by atoms with van der Waals surface area (Å²) in [5, 5.41) is 1.69. The Morgan fingerprint density at radius 2 is 2.18 bits per heavy atom. The number of benzene rings is 1. The van der Waals surface area contributed by atoms with E-state index in [2.05, 4.69) is 22.0 Å². The molecule has 1 saturated heterocycles. The summed E-state index contributed by atoms with van der Waals surface area (Å²) >= 11 is 6.24.